The van der Waals surface area contributed by atoms with Gasteiger partial charge in [0, 0.05) is 19.5 Å². The first-order valence-corrected chi connectivity index (χ1v) is 7.78. The van der Waals surface area contributed by atoms with Crippen LogP contribution in [0, 0.1) is 5.92 Å². The molecule has 0 aliphatic carbocycles. The molecule has 2 rings (SSSR count). The van der Waals surface area contributed by atoms with E-state index >= 15 is 0 Å². The molecule has 1 N–H and O–H groups in total. The van der Waals surface area contributed by atoms with Crippen LogP contribution in [0.3, 0.4) is 0 Å². The second-order valence-corrected chi connectivity index (χ2v) is 5.73. The zero-order valence-electron chi connectivity index (χ0n) is 13.6. The normalized spacial score (nSPS) is 17.7. The molecule has 0 unspecified atom stereocenters. The van der Waals surface area contributed by atoms with Gasteiger partial charge in [0.05, 0.1) is 14.2 Å². The third-order valence-electron chi connectivity index (χ3n) is 4.21. The number of likely N-dealkylation sites (tertiary alicyclic amines) is 1. The van der Waals surface area contributed by atoms with E-state index in [2.05, 4.69) is 0 Å². The Morgan fingerprint density at radius 2 is 1.91 bits per heavy atom. The fraction of sp³-hybridized carbons (Fsp3) is 0.529. The van der Waals surface area contributed by atoms with Crippen molar-refractivity contribution in [1.29, 1.82) is 0 Å². The lowest BCUT2D eigenvalue weighted by Gasteiger charge is -2.33. The van der Waals surface area contributed by atoms with Crippen LogP contribution in [-0.2, 0) is 4.79 Å². The van der Waals surface area contributed by atoms with Gasteiger partial charge in [-0.15, -0.1) is 0 Å². The molecule has 1 saturated heterocycles. The maximum absolute atomic E-state index is 12.9. The molecule has 1 aromatic rings. The van der Waals surface area contributed by atoms with Crippen LogP contribution in [0.4, 0.5) is 0 Å². The summed E-state index contributed by atoms with van der Waals surface area (Å²) in [4.78, 5) is 25.4. The number of benzene rings is 1. The lowest BCUT2D eigenvalue weighted by Crippen LogP contribution is -2.40. The van der Waals surface area contributed by atoms with Crippen molar-refractivity contribution in [3.8, 4) is 11.5 Å². The highest BCUT2D eigenvalue weighted by atomic mass is 16.5. The molecule has 23 heavy (non-hydrogen) atoms. The first kappa shape index (κ1) is 17.1. The van der Waals surface area contributed by atoms with Gasteiger partial charge in [-0.25, -0.2) is 0 Å². The smallest absolute Gasteiger partial charge is 0.303 e. The Morgan fingerprint density at radius 3 is 2.48 bits per heavy atom. The number of hydrogen-bond acceptors (Lipinski definition) is 4. The van der Waals surface area contributed by atoms with Crippen molar-refractivity contribution in [2.45, 2.75) is 25.7 Å². The summed E-state index contributed by atoms with van der Waals surface area (Å²) in [6, 6.07) is 5.25. The predicted molar refractivity (Wildman–Crippen MR) is 85.0 cm³/mol. The largest absolute Gasteiger partial charge is 0.496 e. The van der Waals surface area contributed by atoms with E-state index in [0.717, 1.165) is 12.8 Å². The van der Waals surface area contributed by atoms with E-state index < -0.39 is 5.97 Å². The van der Waals surface area contributed by atoms with Crippen LogP contribution in [0.15, 0.2) is 18.2 Å². The number of methoxy groups -OCH3 is 2. The number of carboxylic acids is 1. The average Bonchev–Trinajstić information content (AvgIpc) is 2.58. The standard InChI is InChI=1S/C17H23NO5/c1-22-13-6-3-7-14(23-2)16(13)17(21)18-10-4-5-12(11-18)8-9-15(19)20/h3,6-7,12H,4-5,8-11H2,1-2H3,(H,19,20)/t12-/m1/s1. The molecule has 0 saturated carbocycles. The minimum Gasteiger partial charge on any atom is -0.496 e. The molecule has 1 atom stereocenters. The number of hydrogen-bond donors (Lipinski definition) is 1. The van der Waals surface area contributed by atoms with Crippen molar-refractivity contribution in [3.63, 3.8) is 0 Å². The Bertz CT molecular complexity index is 550. The number of nitrogens with zero attached hydrogens (tertiary/aromatic N) is 1. The first-order valence-electron chi connectivity index (χ1n) is 7.78. The molecule has 126 valence electrons. The van der Waals surface area contributed by atoms with E-state index in [0.29, 0.717) is 36.6 Å². The van der Waals surface area contributed by atoms with Crippen LogP contribution in [0.25, 0.3) is 0 Å². The molecule has 1 heterocycles. The van der Waals surface area contributed by atoms with Crippen molar-refractivity contribution < 1.29 is 24.2 Å². The Kier molecular flexibility index (Phi) is 5.84. The van der Waals surface area contributed by atoms with Gasteiger partial charge in [0.15, 0.2) is 0 Å². The monoisotopic (exact) mass is 321 g/mol. The summed E-state index contributed by atoms with van der Waals surface area (Å²) in [5.74, 6) is 0.285. The molecule has 0 bridgehead atoms. The molecule has 0 aromatic heterocycles. The maximum atomic E-state index is 12.9. The molecule has 6 heteroatoms. The Balaban J connectivity index is 2.15. The lowest BCUT2D eigenvalue weighted by atomic mass is 9.93. The number of carbonyl (C=O) groups excluding carboxylic acids is 1. The zero-order valence-corrected chi connectivity index (χ0v) is 13.6. The molecule has 1 aliphatic heterocycles. The molecular formula is C17H23NO5. The summed E-state index contributed by atoms with van der Waals surface area (Å²) in [6.07, 6.45) is 2.58. The van der Waals surface area contributed by atoms with Gasteiger partial charge < -0.3 is 19.5 Å². The van der Waals surface area contributed by atoms with Gasteiger partial charge in [0.1, 0.15) is 17.1 Å². The summed E-state index contributed by atoms with van der Waals surface area (Å²) < 4.78 is 10.6. The predicted octanol–water partition coefficient (Wildman–Crippen LogP) is 2.42. The van der Waals surface area contributed by atoms with Crippen LogP contribution in [0.2, 0.25) is 0 Å². The quantitative estimate of drug-likeness (QED) is 0.871. The minimum atomic E-state index is -0.792. The van der Waals surface area contributed by atoms with Crippen molar-refractivity contribution >= 4 is 11.9 Å². The Morgan fingerprint density at radius 1 is 1.26 bits per heavy atom. The summed E-state index contributed by atoms with van der Waals surface area (Å²) in [7, 11) is 3.05. The van der Waals surface area contributed by atoms with Gasteiger partial charge in [0.25, 0.3) is 5.91 Å². The molecule has 1 aliphatic rings. The lowest BCUT2D eigenvalue weighted by molar-refractivity contribution is -0.137. The van der Waals surface area contributed by atoms with E-state index in [1.54, 1.807) is 23.1 Å². The van der Waals surface area contributed by atoms with Gasteiger partial charge in [-0.05, 0) is 37.3 Å². The number of carbonyl (C=O) groups is 2. The molecular weight excluding hydrogens is 298 g/mol. The van der Waals surface area contributed by atoms with E-state index in [-0.39, 0.29) is 18.2 Å². The Labute approximate surface area is 136 Å². The van der Waals surface area contributed by atoms with Crippen LogP contribution in [0.5, 0.6) is 11.5 Å². The summed E-state index contributed by atoms with van der Waals surface area (Å²) >= 11 is 0. The van der Waals surface area contributed by atoms with E-state index in [4.69, 9.17) is 14.6 Å². The van der Waals surface area contributed by atoms with Gasteiger partial charge in [0.2, 0.25) is 0 Å². The fourth-order valence-corrected chi connectivity index (χ4v) is 3.03. The number of amides is 1. The van der Waals surface area contributed by atoms with Gasteiger partial charge in [-0.3, -0.25) is 9.59 Å². The van der Waals surface area contributed by atoms with Crippen LogP contribution in [-0.4, -0.2) is 49.2 Å². The number of piperidine rings is 1. The minimum absolute atomic E-state index is 0.126. The van der Waals surface area contributed by atoms with Crippen LogP contribution in [0.1, 0.15) is 36.0 Å². The molecule has 1 fully saturated rings. The highest BCUT2D eigenvalue weighted by Crippen LogP contribution is 2.31. The Hall–Kier alpha value is -2.24. The van der Waals surface area contributed by atoms with Gasteiger partial charge >= 0.3 is 5.97 Å². The van der Waals surface area contributed by atoms with Crippen molar-refractivity contribution in [2.24, 2.45) is 5.92 Å². The summed E-state index contributed by atoms with van der Waals surface area (Å²) in [5, 5.41) is 8.82. The van der Waals surface area contributed by atoms with Crippen molar-refractivity contribution in [3.05, 3.63) is 23.8 Å². The molecule has 1 amide bonds. The topological polar surface area (TPSA) is 76.1 Å². The van der Waals surface area contributed by atoms with E-state index in [9.17, 15) is 9.59 Å². The molecule has 1 aromatic carbocycles. The van der Waals surface area contributed by atoms with Gasteiger partial charge in [-0.1, -0.05) is 6.07 Å². The molecule has 0 spiro atoms. The van der Waals surface area contributed by atoms with Crippen molar-refractivity contribution in [2.75, 3.05) is 27.3 Å². The number of aliphatic carboxylic acids is 1. The second-order valence-electron chi connectivity index (χ2n) is 5.73. The molecule has 6 nitrogen and oxygen atoms in total. The van der Waals surface area contributed by atoms with E-state index in [1.807, 2.05) is 0 Å². The third kappa shape index (κ3) is 4.15. The maximum Gasteiger partial charge on any atom is 0.303 e. The van der Waals surface area contributed by atoms with E-state index in [1.165, 1.54) is 14.2 Å². The third-order valence-corrected chi connectivity index (χ3v) is 4.21. The number of ether oxygens (including phenoxy) is 2. The highest BCUT2D eigenvalue weighted by molar-refractivity contribution is 5.99. The average molecular weight is 321 g/mol. The van der Waals surface area contributed by atoms with Gasteiger partial charge in [-0.2, -0.15) is 0 Å². The van der Waals surface area contributed by atoms with Crippen LogP contribution >= 0.6 is 0 Å². The zero-order chi connectivity index (χ0) is 16.8. The second kappa shape index (κ2) is 7.85. The van der Waals surface area contributed by atoms with Crippen LogP contribution < -0.4 is 9.47 Å². The first-order chi connectivity index (χ1) is 11.1. The summed E-state index contributed by atoms with van der Waals surface area (Å²) in [5.41, 5.74) is 0.427. The highest BCUT2D eigenvalue weighted by Gasteiger charge is 2.28. The fourth-order valence-electron chi connectivity index (χ4n) is 3.03. The molecule has 0 radical (unpaired) electrons. The number of rotatable bonds is 6. The van der Waals surface area contributed by atoms with Crippen molar-refractivity contribution in [1.82, 2.24) is 4.90 Å². The SMILES string of the molecule is COc1cccc(OC)c1C(=O)N1CCC[C@H](CCC(=O)O)C1. The summed E-state index contributed by atoms with van der Waals surface area (Å²) in [6.45, 7) is 1.25. The number of carboxylic acid groups (broad SMARTS) is 1.